The van der Waals surface area contributed by atoms with Gasteiger partial charge in [0.15, 0.2) is 0 Å². The Balaban J connectivity index is 1.61. The van der Waals surface area contributed by atoms with E-state index in [-0.39, 0.29) is 11.9 Å². The Morgan fingerprint density at radius 3 is 3.00 bits per heavy atom. The third kappa shape index (κ3) is 3.28. The largest absolute Gasteiger partial charge is 0.391 e. The van der Waals surface area contributed by atoms with Crippen molar-refractivity contribution in [3.8, 4) is 0 Å². The van der Waals surface area contributed by atoms with Gasteiger partial charge in [-0.3, -0.25) is 9.78 Å². The van der Waals surface area contributed by atoms with Crippen LogP contribution in [0.25, 0.3) is 0 Å². The van der Waals surface area contributed by atoms with Gasteiger partial charge in [-0.25, -0.2) is 4.98 Å². The second-order valence-corrected chi connectivity index (χ2v) is 6.01. The number of carbonyl (C=O) groups is 1. The first-order valence-corrected chi connectivity index (χ1v) is 7.55. The van der Waals surface area contributed by atoms with Crippen molar-refractivity contribution in [2.75, 3.05) is 0 Å². The minimum atomic E-state index is -0.543. The number of nitrogens with zero attached hydrogens (tertiary/aromatic N) is 3. The highest BCUT2D eigenvalue weighted by molar-refractivity contribution is 6.33. The molecule has 1 amide bonds. The van der Waals surface area contributed by atoms with E-state index in [0.717, 1.165) is 13.0 Å². The number of imidazole rings is 1. The molecule has 3 atom stereocenters. The third-order valence-corrected chi connectivity index (χ3v) is 4.29. The summed E-state index contributed by atoms with van der Waals surface area (Å²) in [7, 11) is 0. The lowest BCUT2D eigenvalue weighted by atomic mass is 10.1. The predicted molar refractivity (Wildman–Crippen MR) is 81.5 cm³/mol. The Kier molecular flexibility index (Phi) is 4.40. The minimum Gasteiger partial charge on any atom is -0.391 e. The average molecular weight is 321 g/mol. The number of aliphatic hydroxyl groups is 1. The van der Waals surface area contributed by atoms with Gasteiger partial charge >= 0.3 is 0 Å². The van der Waals surface area contributed by atoms with E-state index in [9.17, 15) is 9.90 Å². The number of carbonyl (C=O) groups excluding carboxylic acids is 1. The van der Waals surface area contributed by atoms with Crippen LogP contribution in [0.3, 0.4) is 0 Å². The molecular formula is C15H17ClN4O2. The summed E-state index contributed by atoms with van der Waals surface area (Å²) in [6.45, 7) is 0.791. The normalized spacial score (nSPS) is 24.4. The van der Waals surface area contributed by atoms with Crippen LogP contribution in [0.4, 0.5) is 0 Å². The van der Waals surface area contributed by atoms with Crippen LogP contribution >= 0.6 is 11.6 Å². The second-order valence-electron chi connectivity index (χ2n) is 5.60. The number of halogens is 1. The number of rotatable bonds is 4. The van der Waals surface area contributed by atoms with E-state index in [1.165, 1.54) is 12.4 Å². The van der Waals surface area contributed by atoms with Crippen molar-refractivity contribution in [1.29, 1.82) is 0 Å². The van der Waals surface area contributed by atoms with Crippen LogP contribution in [0.1, 0.15) is 23.2 Å². The molecule has 0 spiro atoms. The molecular weight excluding hydrogens is 304 g/mol. The summed E-state index contributed by atoms with van der Waals surface area (Å²) in [6.07, 6.45) is 9.19. The highest BCUT2D eigenvalue weighted by Crippen LogP contribution is 2.28. The van der Waals surface area contributed by atoms with Crippen molar-refractivity contribution in [2.24, 2.45) is 5.92 Å². The molecule has 1 aliphatic carbocycles. The van der Waals surface area contributed by atoms with Crippen LogP contribution in [0, 0.1) is 5.92 Å². The van der Waals surface area contributed by atoms with Crippen LogP contribution in [0.15, 0.2) is 37.2 Å². The fraction of sp³-hybridized carbons (Fsp3) is 0.400. The molecule has 1 saturated carbocycles. The second kappa shape index (κ2) is 6.46. The highest BCUT2D eigenvalue weighted by atomic mass is 35.5. The van der Waals surface area contributed by atoms with Crippen molar-refractivity contribution in [3.05, 3.63) is 47.8 Å². The maximum atomic E-state index is 12.2. The van der Waals surface area contributed by atoms with Crippen LogP contribution in [-0.2, 0) is 6.54 Å². The molecule has 116 valence electrons. The molecule has 0 radical (unpaired) electrons. The van der Waals surface area contributed by atoms with Crippen LogP contribution in [-0.4, -0.2) is 37.7 Å². The van der Waals surface area contributed by atoms with E-state index in [4.69, 9.17) is 11.6 Å². The van der Waals surface area contributed by atoms with Gasteiger partial charge in [-0.05, 0) is 24.8 Å². The summed E-state index contributed by atoms with van der Waals surface area (Å²) in [5.74, 6) is 0.0298. The molecule has 1 aliphatic rings. The lowest BCUT2D eigenvalue weighted by Crippen LogP contribution is -2.40. The Bertz CT molecular complexity index is 647. The Morgan fingerprint density at radius 1 is 1.41 bits per heavy atom. The van der Waals surface area contributed by atoms with Crippen LogP contribution in [0.2, 0.25) is 5.02 Å². The smallest absolute Gasteiger partial charge is 0.253 e. The van der Waals surface area contributed by atoms with Crippen molar-refractivity contribution in [1.82, 2.24) is 19.9 Å². The number of pyridine rings is 1. The standard InChI is InChI=1S/C15H17ClN4O2/c16-12-7-17-2-1-11(12)15(22)19-13-5-10(6-14(13)21)8-20-4-3-18-9-20/h1-4,7,9-10,13-14,21H,5-6,8H2,(H,19,22)/t10?,13-,14-/m1/s1. The number of hydrogen-bond donors (Lipinski definition) is 2. The molecule has 2 heterocycles. The minimum absolute atomic E-state index is 0.259. The molecule has 0 aromatic carbocycles. The third-order valence-electron chi connectivity index (χ3n) is 3.99. The fourth-order valence-electron chi connectivity index (χ4n) is 2.92. The first-order valence-electron chi connectivity index (χ1n) is 7.17. The Morgan fingerprint density at radius 2 is 2.27 bits per heavy atom. The number of amides is 1. The summed E-state index contributed by atoms with van der Waals surface area (Å²) >= 11 is 5.97. The number of aromatic nitrogens is 3. The molecule has 0 bridgehead atoms. The van der Waals surface area contributed by atoms with Gasteiger partial charge in [0, 0.05) is 31.3 Å². The molecule has 1 unspecified atom stereocenters. The van der Waals surface area contributed by atoms with Crippen molar-refractivity contribution >= 4 is 17.5 Å². The lowest BCUT2D eigenvalue weighted by Gasteiger charge is -2.16. The van der Waals surface area contributed by atoms with Gasteiger partial charge in [0.1, 0.15) is 0 Å². The molecule has 1 fully saturated rings. The highest BCUT2D eigenvalue weighted by Gasteiger charge is 2.34. The van der Waals surface area contributed by atoms with Gasteiger partial charge < -0.3 is 15.0 Å². The zero-order chi connectivity index (χ0) is 15.5. The van der Waals surface area contributed by atoms with Gasteiger partial charge in [0.05, 0.1) is 29.1 Å². The van der Waals surface area contributed by atoms with Gasteiger partial charge in [0.2, 0.25) is 0 Å². The SMILES string of the molecule is O=C(N[C@@H]1CC(Cn2ccnc2)C[C@H]1O)c1ccncc1Cl. The first-order chi connectivity index (χ1) is 10.6. The number of aliphatic hydroxyl groups excluding tert-OH is 1. The fourth-order valence-corrected chi connectivity index (χ4v) is 3.13. The van der Waals surface area contributed by atoms with E-state index >= 15 is 0 Å². The summed E-state index contributed by atoms with van der Waals surface area (Å²) in [5, 5.41) is 13.3. The molecule has 0 saturated heterocycles. The first kappa shape index (κ1) is 15.0. The summed E-state index contributed by atoms with van der Waals surface area (Å²) in [4.78, 5) is 20.1. The Labute approximate surface area is 133 Å². The number of hydrogen-bond acceptors (Lipinski definition) is 4. The van der Waals surface area contributed by atoms with Gasteiger partial charge in [0.25, 0.3) is 5.91 Å². The summed E-state index contributed by atoms with van der Waals surface area (Å²) < 4.78 is 1.99. The van der Waals surface area contributed by atoms with Gasteiger partial charge in [-0.2, -0.15) is 0 Å². The Hall–Kier alpha value is -1.92. The van der Waals surface area contributed by atoms with Gasteiger partial charge in [-0.1, -0.05) is 11.6 Å². The molecule has 3 rings (SSSR count). The van der Waals surface area contributed by atoms with Gasteiger partial charge in [-0.15, -0.1) is 0 Å². The monoisotopic (exact) mass is 320 g/mol. The molecule has 2 N–H and O–H groups in total. The molecule has 6 nitrogen and oxygen atoms in total. The molecule has 0 aliphatic heterocycles. The predicted octanol–water partition coefficient (Wildman–Crippen LogP) is 1.50. The van der Waals surface area contributed by atoms with E-state index in [2.05, 4.69) is 15.3 Å². The molecule has 2 aromatic rings. The van der Waals surface area contributed by atoms with Crippen LogP contribution in [0.5, 0.6) is 0 Å². The van der Waals surface area contributed by atoms with Crippen molar-refractivity contribution < 1.29 is 9.90 Å². The topological polar surface area (TPSA) is 80.0 Å². The van der Waals surface area contributed by atoms with E-state index in [0.29, 0.717) is 22.9 Å². The van der Waals surface area contributed by atoms with Crippen LogP contribution < -0.4 is 5.32 Å². The van der Waals surface area contributed by atoms with E-state index in [1.54, 1.807) is 18.6 Å². The zero-order valence-electron chi connectivity index (χ0n) is 11.9. The maximum Gasteiger partial charge on any atom is 0.253 e. The lowest BCUT2D eigenvalue weighted by molar-refractivity contribution is 0.0873. The molecule has 7 heteroatoms. The molecule has 2 aromatic heterocycles. The zero-order valence-corrected chi connectivity index (χ0v) is 12.6. The number of nitrogens with one attached hydrogen (secondary N) is 1. The van der Waals surface area contributed by atoms with Crippen molar-refractivity contribution in [3.63, 3.8) is 0 Å². The summed E-state index contributed by atoms with van der Waals surface area (Å²) in [5.41, 5.74) is 0.377. The maximum absolute atomic E-state index is 12.2. The molecule has 22 heavy (non-hydrogen) atoms. The summed E-state index contributed by atoms with van der Waals surface area (Å²) in [6, 6.07) is 1.31. The van der Waals surface area contributed by atoms with E-state index in [1.807, 2.05) is 10.8 Å². The quantitative estimate of drug-likeness (QED) is 0.894. The van der Waals surface area contributed by atoms with Crippen molar-refractivity contribution in [2.45, 2.75) is 31.5 Å². The average Bonchev–Trinajstić information content (AvgIpc) is 3.10. The van der Waals surface area contributed by atoms with E-state index < -0.39 is 6.10 Å².